The predicted molar refractivity (Wildman–Crippen MR) is 97.0 cm³/mol. The fraction of sp³-hybridized carbons (Fsp3) is 0.0588. The summed E-state index contributed by atoms with van der Waals surface area (Å²) in [5.41, 5.74) is 2.09. The van der Waals surface area contributed by atoms with Gasteiger partial charge in [-0.25, -0.2) is 0 Å². The van der Waals surface area contributed by atoms with Crippen LogP contribution in [0, 0.1) is 0 Å². The number of nitrogens with zero attached hydrogens (tertiary/aromatic N) is 2. The third-order valence-corrected chi connectivity index (χ3v) is 3.51. The number of rotatable bonds is 2. The molecule has 0 aromatic heterocycles. The maximum Gasteiger partial charge on any atom is -0.870 e. The van der Waals surface area contributed by atoms with Gasteiger partial charge in [0, 0.05) is 16.1 Å². The van der Waals surface area contributed by atoms with E-state index in [0.29, 0.717) is 27.5 Å². The molecule has 2 N–H and O–H groups in total. The number of benzene rings is 2. The standard InChI is InChI=1S/C16H11ClN2O3.CNSe.3K.H2O/c17-10-6-7-12-11(8-10)13(9-4-2-1-3-5-9)19-14(16(21)22)15(20)18-12;2-1-3;;;;/h1-8,14H,(H,18,20)(H,21,22);;;;;1H2/q;-1;3*+1;/p-2. The molecule has 0 saturated heterocycles. The van der Waals surface area contributed by atoms with E-state index in [4.69, 9.17) is 17.0 Å². The Bertz CT molecular complexity index is 895. The van der Waals surface area contributed by atoms with Gasteiger partial charge in [-0.05, 0) is 18.2 Å². The van der Waals surface area contributed by atoms with E-state index in [1.165, 1.54) is 0 Å². The van der Waals surface area contributed by atoms with Gasteiger partial charge in [0.25, 0.3) is 5.91 Å². The monoisotopic (exact) mass is 553 g/mol. The molecule has 0 fully saturated rings. The topological polar surface area (TPSA) is 134 Å². The third kappa shape index (κ3) is 10.9. The van der Waals surface area contributed by atoms with Crippen LogP contribution in [0.4, 0.5) is 5.69 Å². The smallest absolute Gasteiger partial charge is 0.870 e. The average molecular weight is 553 g/mol. The molecule has 1 amide bonds. The van der Waals surface area contributed by atoms with Crippen LogP contribution in [0.15, 0.2) is 53.5 Å². The number of hydrogen-bond donors (Lipinski definition) is 1. The molecule has 0 bridgehead atoms. The molecule has 134 valence electrons. The number of anilines is 1. The number of aliphatic imine (C=N–C) groups is 1. The van der Waals surface area contributed by atoms with E-state index < -0.39 is 17.9 Å². The van der Waals surface area contributed by atoms with Gasteiger partial charge in [-0.1, -0.05) is 41.9 Å². The normalized spacial score (nSPS) is 13.2. The van der Waals surface area contributed by atoms with Gasteiger partial charge in [0.1, 0.15) is 0 Å². The first-order valence-corrected chi connectivity index (χ1v) is 8.17. The van der Waals surface area contributed by atoms with Crippen LogP contribution in [0.25, 0.3) is 5.41 Å². The number of hydrogen-bond acceptors (Lipinski definition) is 5. The number of benzodiazepines with no additional fused rings is 1. The molecule has 1 aliphatic heterocycles. The summed E-state index contributed by atoms with van der Waals surface area (Å²) in [7, 11) is 0. The number of aliphatic carboxylic acids is 1. The van der Waals surface area contributed by atoms with Gasteiger partial charge >= 0.3 is 180 Å². The first kappa shape index (κ1) is 35.9. The molecule has 0 radical (unpaired) electrons. The summed E-state index contributed by atoms with van der Waals surface area (Å²) in [6, 6.07) is 12.3. The molecular formula is C17H11ClK3N3O4Se. The van der Waals surface area contributed by atoms with Crippen LogP contribution in [0.1, 0.15) is 11.1 Å². The summed E-state index contributed by atoms with van der Waals surface area (Å²) in [5.74, 6) is -2.29. The summed E-state index contributed by atoms with van der Waals surface area (Å²) in [6.07, 6.45) is 0. The minimum atomic E-state index is -1.61. The Kier molecular flexibility index (Phi) is 23.1. The Morgan fingerprint density at radius 3 is 2.24 bits per heavy atom. The Morgan fingerprint density at radius 1 is 1.17 bits per heavy atom. The SMILES string of the molecule is O=C([O-])C1N=C(c2ccccc2)c2cc(Cl)ccc2NC1=O.[K+].[K+].[K+].[N-]=C=[Se].[OH-]. The minimum Gasteiger partial charge on any atom is -0.870 e. The second kappa shape index (κ2) is 18.7. The van der Waals surface area contributed by atoms with E-state index >= 15 is 0 Å². The molecule has 7 nitrogen and oxygen atoms in total. The first-order chi connectivity index (χ1) is 12.0. The van der Waals surface area contributed by atoms with Gasteiger partial charge in [0.15, 0.2) is 6.04 Å². The Morgan fingerprint density at radius 2 is 1.72 bits per heavy atom. The molecule has 1 atom stereocenters. The Balaban J connectivity index is -0.000000911. The van der Waals surface area contributed by atoms with Crippen LogP contribution >= 0.6 is 11.6 Å². The fourth-order valence-electron chi connectivity index (χ4n) is 2.27. The number of amides is 1. The van der Waals surface area contributed by atoms with Crippen LogP contribution in [0.3, 0.4) is 0 Å². The van der Waals surface area contributed by atoms with Crippen LogP contribution < -0.4 is 165 Å². The van der Waals surface area contributed by atoms with Crippen LogP contribution in [0.2, 0.25) is 5.02 Å². The molecule has 0 spiro atoms. The Hall–Kier alpha value is 2.31. The maximum atomic E-state index is 12.0. The molecule has 1 aliphatic rings. The van der Waals surface area contributed by atoms with E-state index in [1.54, 1.807) is 47.2 Å². The fourth-order valence-corrected chi connectivity index (χ4v) is 2.44. The largest absolute Gasteiger partial charge is 0.870 e. The van der Waals surface area contributed by atoms with E-state index in [0.717, 1.165) is 0 Å². The molecule has 12 heteroatoms. The van der Waals surface area contributed by atoms with Crippen molar-refractivity contribution in [3.05, 3.63) is 70.1 Å². The molecule has 0 saturated carbocycles. The van der Waals surface area contributed by atoms with Gasteiger partial charge in [-0.3, -0.25) is 9.79 Å². The summed E-state index contributed by atoms with van der Waals surface area (Å²) < 4.78 is 1.62. The number of halogens is 1. The van der Waals surface area contributed by atoms with E-state index in [2.05, 4.69) is 25.9 Å². The third-order valence-electron chi connectivity index (χ3n) is 3.27. The van der Waals surface area contributed by atoms with Gasteiger partial charge in [-0.15, -0.1) is 0 Å². The van der Waals surface area contributed by atoms with Crippen molar-refractivity contribution in [1.82, 2.24) is 0 Å². The van der Waals surface area contributed by atoms with Crippen LogP contribution in [0.5, 0.6) is 0 Å². The van der Waals surface area contributed by atoms with Gasteiger partial charge < -0.3 is 20.7 Å². The van der Waals surface area contributed by atoms with E-state index in [9.17, 15) is 14.7 Å². The molecule has 0 aliphatic carbocycles. The van der Waals surface area contributed by atoms with Crippen molar-refractivity contribution in [2.75, 3.05) is 5.32 Å². The van der Waals surface area contributed by atoms with Gasteiger partial charge in [0.2, 0.25) is 0 Å². The molecule has 2 aromatic carbocycles. The maximum absolute atomic E-state index is 12.0. The second-order valence-electron chi connectivity index (χ2n) is 4.84. The number of fused-ring (bicyclic) bond motifs is 1. The zero-order chi connectivity index (χ0) is 18.4. The average Bonchev–Trinajstić information content (AvgIpc) is 2.72. The second-order valence-corrected chi connectivity index (χ2v) is 5.66. The summed E-state index contributed by atoms with van der Waals surface area (Å²) in [6.45, 7) is 0. The molecule has 1 unspecified atom stereocenters. The number of nitrogens with one attached hydrogen (secondary N) is 1. The molecule has 3 rings (SSSR count). The minimum absolute atomic E-state index is 0. The molecule has 29 heavy (non-hydrogen) atoms. The number of carboxylic acids is 1. The predicted octanol–water partition coefficient (Wildman–Crippen LogP) is -8.29. The van der Waals surface area contributed by atoms with Crippen molar-refractivity contribution >= 4 is 55.2 Å². The van der Waals surface area contributed by atoms with Crippen LogP contribution in [-0.4, -0.2) is 49.4 Å². The number of carboxylic acid groups (broad SMARTS) is 1. The molecular weight excluding hydrogens is 542 g/mol. The van der Waals surface area contributed by atoms with E-state index in [-0.39, 0.29) is 160 Å². The van der Waals surface area contributed by atoms with Crippen molar-refractivity contribution in [1.29, 1.82) is 0 Å². The quantitative estimate of drug-likeness (QED) is 0.225. The molecule has 2 aromatic rings. The van der Waals surface area contributed by atoms with Crippen molar-refractivity contribution in [3.8, 4) is 0 Å². The summed E-state index contributed by atoms with van der Waals surface area (Å²) in [4.78, 5) is 27.3. The van der Waals surface area contributed by atoms with E-state index in [1.807, 2.05) is 6.07 Å². The zero-order valence-corrected chi connectivity index (χ0v) is 27.9. The summed E-state index contributed by atoms with van der Waals surface area (Å²) >= 11 is 8.13. The van der Waals surface area contributed by atoms with Crippen molar-refractivity contribution in [2.45, 2.75) is 6.04 Å². The zero-order valence-electron chi connectivity index (χ0n) is 16.0. The first-order valence-electron chi connectivity index (χ1n) is 6.94. The Labute approximate surface area is 308 Å². The number of carbonyl (C=O) groups is 2. The molecule has 1 heterocycles. The summed E-state index contributed by atoms with van der Waals surface area (Å²) in [5, 5.41) is 21.5. The number of carbonyl (C=O) groups excluding carboxylic acids is 2. The van der Waals surface area contributed by atoms with Crippen molar-refractivity contribution < 1.29 is 174 Å². The van der Waals surface area contributed by atoms with Crippen molar-refractivity contribution in [2.24, 2.45) is 4.99 Å². The van der Waals surface area contributed by atoms with Crippen molar-refractivity contribution in [3.63, 3.8) is 0 Å². The van der Waals surface area contributed by atoms with Gasteiger partial charge in [-0.2, -0.15) is 0 Å². The van der Waals surface area contributed by atoms with Crippen LogP contribution in [-0.2, 0) is 9.59 Å². The van der Waals surface area contributed by atoms with Gasteiger partial charge in [0.05, 0.1) is 17.4 Å².